The van der Waals surface area contributed by atoms with Crippen LogP contribution in [0, 0.1) is 5.92 Å². The number of nitrogens with zero attached hydrogens (tertiary/aromatic N) is 3. The van der Waals surface area contributed by atoms with Crippen LogP contribution in [0.15, 0.2) is 18.2 Å². The van der Waals surface area contributed by atoms with Crippen LogP contribution in [0.5, 0.6) is 0 Å². The molecule has 29 heavy (non-hydrogen) atoms. The van der Waals surface area contributed by atoms with Gasteiger partial charge in [-0.25, -0.2) is 4.79 Å². The number of fused-ring (bicyclic) bond motifs is 2. The molecule has 0 unspecified atom stereocenters. The number of amides is 2. The standard InChI is InChI=1S/C22H28ClN3O3/c23-17-1-2-20-15(11-17)3-10-26(20)18-4-7-24(8-5-18)22(28)25-9-6-21-16(13-25)12-19(27)14-29-21/h1-2,11,16,18,21H,3-10,12-14H2/t16-,21+/m1/s1. The molecule has 0 aromatic heterocycles. The third-order valence-electron chi connectivity index (χ3n) is 7.03. The summed E-state index contributed by atoms with van der Waals surface area (Å²) in [7, 11) is 0. The van der Waals surface area contributed by atoms with Crippen LogP contribution in [0.25, 0.3) is 0 Å². The Hall–Kier alpha value is -1.79. The average Bonchev–Trinajstić information content (AvgIpc) is 3.15. The van der Waals surface area contributed by atoms with Gasteiger partial charge in [-0.1, -0.05) is 11.6 Å². The summed E-state index contributed by atoms with van der Waals surface area (Å²) in [5, 5.41) is 0.805. The lowest BCUT2D eigenvalue weighted by molar-refractivity contribution is -0.139. The minimum Gasteiger partial charge on any atom is -0.370 e. The summed E-state index contributed by atoms with van der Waals surface area (Å²) in [6.07, 6.45) is 4.57. The van der Waals surface area contributed by atoms with Gasteiger partial charge in [0.15, 0.2) is 5.78 Å². The number of rotatable bonds is 1. The largest absolute Gasteiger partial charge is 0.370 e. The second kappa shape index (κ2) is 7.80. The SMILES string of the molecule is O=C1CO[C@H]2CCN(C(=O)N3CCC(N4CCc5cc(Cl)ccc54)CC3)C[C@H]2C1. The van der Waals surface area contributed by atoms with Gasteiger partial charge in [0.05, 0.1) is 6.10 Å². The summed E-state index contributed by atoms with van der Waals surface area (Å²) in [5.74, 6) is 0.327. The molecule has 1 aromatic carbocycles. The minimum atomic E-state index is 0.133. The highest BCUT2D eigenvalue weighted by Gasteiger charge is 2.38. The number of halogens is 1. The summed E-state index contributed by atoms with van der Waals surface area (Å²) in [6.45, 7) is 4.25. The number of likely N-dealkylation sites (tertiary alicyclic amines) is 2. The second-order valence-corrected chi connectivity index (χ2v) is 9.24. The minimum absolute atomic E-state index is 0.133. The van der Waals surface area contributed by atoms with Crippen molar-refractivity contribution in [2.24, 2.45) is 5.92 Å². The number of ether oxygens (including phenoxy) is 1. The first-order valence-corrected chi connectivity index (χ1v) is 11.2. The van der Waals surface area contributed by atoms with Crippen LogP contribution in [-0.2, 0) is 16.0 Å². The number of Topliss-reactive ketones (excluding diaryl/α,β-unsaturated/α-hetero) is 1. The predicted molar refractivity (Wildman–Crippen MR) is 112 cm³/mol. The molecule has 156 valence electrons. The van der Waals surface area contributed by atoms with Crippen LogP contribution in [0.4, 0.5) is 10.5 Å². The van der Waals surface area contributed by atoms with Gasteiger partial charge in [0.2, 0.25) is 0 Å². The van der Waals surface area contributed by atoms with Crippen molar-refractivity contribution in [3.05, 3.63) is 28.8 Å². The molecule has 0 aliphatic carbocycles. The Labute approximate surface area is 176 Å². The summed E-state index contributed by atoms with van der Waals surface area (Å²) < 4.78 is 5.66. The third-order valence-corrected chi connectivity index (χ3v) is 7.27. The lowest BCUT2D eigenvalue weighted by atomic mass is 9.88. The normalized spacial score (nSPS) is 27.8. The van der Waals surface area contributed by atoms with Crippen LogP contribution >= 0.6 is 11.6 Å². The van der Waals surface area contributed by atoms with E-state index >= 15 is 0 Å². The molecule has 6 nitrogen and oxygen atoms in total. The zero-order chi connectivity index (χ0) is 20.0. The number of carbonyl (C=O) groups excluding carboxylic acids is 2. The first-order chi connectivity index (χ1) is 14.1. The maximum Gasteiger partial charge on any atom is 0.320 e. The van der Waals surface area contributed by atoms with Gasteiger partial charge in [-0.15, -0.1) is 0 Å². The number of urea groups is 1. The number of carbonyl (C=O) groups is 2. The lowest BCUT2D eigenvalue weighted by Crippen LogP contribution is -2.55. The Kier molecular flexibility index (Phi) is 5.16. The van der Waals surface area contributed by atoms with E-state index in [2.05, 4.69) is 17.0 Å². The Morgan fingerprint density at radius 2 is 1.86 bits per heavy atom. The molecule has 0 radical (unpaired) electrons. The van der Waals surface area contributed by atoms with Crippen LogP contribution in [0.1, 0.15) is 31.2 Å². The number of hydrogen-bond donors (Lipinski definition) is 0. The highest BCUT2D eigenvalue weighted by atomic mass is 35.5. The Morgan fingerprint density at radius 1 is 1.07 bits per heavy atom. The summed E-state index contributed by atoms with van der Waals surface area (Å²) >= 11 is 6.14. The number of ketones is 1. The molecule has 4 aliphatic heterocycles. The fraction of sp³-hybridized carbons (Fsp3) is 0.636. The van der Waals surface area contributed by atoms with E-state index in [1.807, 2.05) is 15.9 Å². The molecule has 3 saturated heterocycles. The van der Waals surface area contributed by atoms with E-state index in [-0.39, 0.29) is 30.4 Å². The number of benzene rings is 1. The molecule has 2 amide bonds. The van der Waals surface area contributed by atoms with Gasteiger partial charge >= 0.3 is 6.03 Å². The summed E-state index contributed by atoms with van der Waals surface area (Å²) in [5.41, 5.74) is 2.64. The van der Waals surface area contributed by atoms with Crippen molar-refractivity contribution < 1.29 is 14.3 Å². The lowest BCUT2D eigenvalue weighted by Gasteiger charge is -2.44. The van der Waals surface area contributed by atoms with E-state index < -0.39 is 0 Å². The van der Waals surface area contributed by atoms with Crippen molar-refractivity contribution in [1.29, 1.82) is 0 Å². The molecule has 5 rings (SSSR count). The molecular formula is C22H28ClN3O3. The van der Waals surface area contributed by atoms with Crippen molar-refractivity contribution in [2.45, 2.75) is 44.2 Å². The molecule has 4 heterocycles. The molecule has 3 fully saturated rings. The topological polar surface area (TPSA) is 53.1 Å². The quantitative estimate of drug-likeness (QED) is 0.705. The Balaban J connectivity index is 1.17. The Morgan fingerprint density at radius 3 is 2.69 bits per heavy atom. The van der Waals surface area contributed by atoms with Gasteiger partial charge in [0, 0.05) is 61.8 Å². The number of anilines is 1. The van der Waals surface area contributed by atoms with Crippen LogP contribution in [0.3, 0.4) is 0 Å². The molecule has 0 spiro atoms. The molecule has 7 heteroatoms. The van der Waals surface area contributed by atoms with E-state index in [0.29, 0.717) is 19.0 Å². The molecule has 0 saturated carbocycles. The van der Waals surface area contributed by atoms with Gasteiger partial charge in [-0.2, -0.15) is 0 Å². The zero-order valence-electron chi connectivity index (χ0n) is 16.7. The van der Waals surface area contributed by atoms with E-state index in [9.17, 15) is 9.59 Å². The van der Waals surface area contributed by atoms with Crippen molar-refractivity contribution in [3.63, 3.8) is 0 Å². The molecule has 2 atom stereocenters. The summed E-state index contributed by atoms with van der Waals surface area (Å²) in [4.78, 5) is 31.2. The van der Waals surface area contributed by atoms with Crippen molar-refractivity contribution in [2.75, 3.05) is 44.2 Å². The average molecular weight is 418 g/mol. The number of piperidine rings is 2. The third kappa shape index (κ3) is 3.73. The highest BCUT2D eigenvalue weighted by molar-refractivity contribution is 6.30. The van der Waals surface area contributed by atoms with E-state index in [1.54, 1.807) is 0 Å². The van der Waals surface area contributed by atoms with Gasteiger partial charge in [0.1, 0.15) is 6.61 Å². The van der Waals surface area contributed by atoms with Crippen LogP contribution < -0.4 is 4.90 Å². The van der Waals surface area contributed by atoms with Gasteiger partial charge in [0.25, 0.3) is 0 Å². The first kappa shape index (κ1) is 19.2. The second-order valence-electron chi connectivity index (χ2n) is 8.80. The van der Waals surface area contributed by atoms with Gasteiger partial charge < -0.3 is 19.4 Å². The first-order valence-electron chi connectivity index (χ1n) is 10.8. The van der Waals surface area contributed by atoms with E-state index in [1.165, 1.54) is 11.3 Å². The molecule has 4 aliphatic rings. The van der Waals surface area contributed by atoms with E-state index in [0.717, 1.165) is 56.9 Å². The molecule has 1 aromatic rings. The van der Waals surface area contributed by atoms with Gasteiger partial charge in [-0.05, 0) is 49.4 Å². The van der Waals surface area contributed by atoms with Crippen molar-refractivity contribution >= 4 is 29.1 Å². The van der Waals surface area contributed by atoms with Gasteiger partial charge in [-0.3, -0.25) is 4.79 Å². The zero-order valence-corrected chi connectivity index (χ0v) is 17.4. The number of hydrogen-bond acceptors (Lipinski definition) is 4. The van der Waals surface area contributed by atoms with E-state index in [4.69, 9.17) is 16.3 Å². The maximum atomic E-state index is 13.1. The molecular weight excluding hydrogens is 390 g/mol. The van der Waals surface area contributed by atoms with Crippen LogP contribution in [-0.4, -0.2) is 73.1 Å². The summed E-state index contributed by atoms with van der Waals surface area (Å²) in [6, 6.07) is 6.81. The fourth-order valence-corrected chi connectivity index (χ4v) is 5.69. The predicted octanol–water partition coefficient (Wildman–Crippen LogP) is 2.97. The Bertz CT molecular complexity index is 808. The fourth-order valence-electron chi connectivity index (χ4n) is 5.50. The molecule has 0 N–H and O–H groups in total. The molecule has 0 bridgehead atoms. The monoisotopic (exact) mass is 417 g/mol. The van der Waals surface area contributed by atoms with Crippen molar-refractivity contribution in [1.82, 2.24) is 9.80 Å². The van der Waals surface area contributed by atoms with Crippen LogP contribution in [0.2, 0.25) is 5.02 Å². The smallest absolute Gasteiger partial charge is 0.320 e. The van der Waals surface area contributed by atoms with Crippen molar-refractivity contribution in [3.8, 4) is 0 Å². The highest BCUT2D eigenvalue weighted by Crippen LogP contribution is 2.34. The maximum absolute atomic E-state index is 13.1.